The summed E-state index contributed by atoms with van der Waals surface area (Å²) in [6.45, 7) is 4.17. The van der Waals surface area contributed by atoms with Crippen molar-refractivity contribution in [3.05, 3.63) is 128 Å². The second kappa shape index (κ2) is 17.4. The second-order valence-corrected chi connectivity index (χ2v) is 19.2. The number of nitrogens with zero attached hydrogens (tertiary/aromatic N) is 13. The maximum atomic E-state index is 6.08. The Bertz CT molecular complexity index is 3330. The van der Waals surface area contributed by atoms with Gasteiger partial charge in [0, 0.05) is 95.9 Å². The quantitative estimate of drug-likeness (QED) is 0.147. The molecule has 326 valence electrons. The number of benzene rings is 2. The molecule has 3 unspecified atom stereocenters. The highest BCUT2D eigenvalue weighted by atomic mass is 32.2. The number of hydrogen-bond donors (Lipinski definition) is 1. The van der Waals surface area contributed by atoms with Gasteiger partial charge in [-0.3, -0.25) is 28.1 Å². The average Bonchev–Trinajstić information content (AvgIpc) is 4.21. The van der Waals surface area contributed by atoms with Crippen molar-refractivity contribution in [3.8, 4) is 22.5 Å². The SMILES string of the molecule is CCC1CCC(c2cnc3ccc(Sc4nnc5ccc(-c6ccn(C)n6)cn45)cc3c2)C1.Cn1ccc(-c2ccc3nnc(Sc4ccc5ncc(N6CCC(N)C6)cc5c4)n3c2)n1. The molecule has 0 amide bonds. The van der Waals surface area contributed by atoms with E-state index in [1.807, 2.05) is 88.8 Å². The van der Waals surface area contributed by atoms with Crippen LogP contribution in [0.2, 0.25) is 0 Å². The second-order valence-electron chi connectivity index (χ2n) is 17.2. The molecule has 1 saturated carbocycles. The van der Waals surface area contributed by atoms with Crippen LogP contribution in [-0.2, 0) is 14.1 Å². The monoisotopic (exact) mass is 896 g/mol. The van der Waals surface area contributed by atoms with Crippen molar-refractivity contribution in [1.29, 1.82) is 0 Å². The van der Waals surface area contributed by atoms with Crippen LogP contribution < -0.4 is 10.6 Å². The number of nitrogens with two attached hydrogens (primary N) is 1. The Balaban J connectivity index is 0.000000144. The third kappa shape index (κ3) is 8.56. The fourth-order valence-electron chi connectivity index (χ4n) is 9.05. The van der Waals surface area contributed by atoms with Crippen LogP contribution in [0.1, 0.15) is 50.5 Å². The van der Waals surface area contributed by atoms with Crippen LogP contribution in [0.5, 0.6) is 0 Å². The fraction of sp³-hybridized carbons (Fsp3) is 0.265. The summed E-state index contributed by atoms with van der Waals surface area (Å²) in [5.41, 5.74) is 16.2. The Kier molecular flexibility index (Phi) is 11.0. The Morgan fingerprint density at radius 1 is 0.646 bits per heavy atom. The van der Waals surface area contributed by atoms with E-state index >= 15 is 0 Å². The van der Waals surface area contributed by atoms with Gasteiger partial charge in [-0.25, -0.2) is 0 Å². The summed E-state index contributed by atoms with van der Waals surface area (Å²) in [5.74, 6) is 1.51. The van der Waals surface area contributed by atoms with Crippen LogP contribution >= 0.6 is 23.5 Å². The van der Waals surface area contributed by atoms with E-state index in [0.717, 1.165) is 101 Å². The van der Waals surface area contributed by atoms with Gasteiger partial charge in [0.05, 0.1) is 34.3 Å². The van der Waals surface area contributed by atoms with Crippen LogP contribution in [0.25, 0.3) is 55.6 Å². The van der Waals surface area contributed by atoms with Gasteiger partial charge in [-0.1, -0.05) is 13.3 Å². The zero-order chi connectivity index (χ0) is 44.0. The van der Waals surface area contributed by atoms with Crippen LogP contribution in [0.15, 0.2) is 142 Å². The van der Waals surface area contributed by atoms with Crippen molar-refractivity contribution in [1.82, 2.24) is 58.7 Å². The molecule has 2 N–H and O–H groups in total. The number of hydrogen-bond acceptors (Lipinski definition) is 12. The first-order valence-corrected chi connectivity index (χ1v) is 23.8. The maximum Gasteiger partial charge on any atom is 0.200 e. The number of rotatable bonds is 9. The zero-order valence-electron chi connectivity index (χ0n) is 36.4. The molecule has 8 aromatic heterocycles. The third-order valence-electron chi connectivity index (χ3n) is 12.7. The topological polar surface area (TPSA) is 151 Å². The van der Waals surface area contributed by atoms with E-state index in [-0.39, 0.29) is 6.04 Å². The molecular formula is C49H48N14S2. The van der Waals surface area contributed by atoms with E-state index in [0.29, 0.717) is 5.92 Å². The molecule has 14 nitrogen and oxygen atoms in total. The molecule has 1 saturated heterocycles. The Labute approximate surface area is 384 Å². The van der Waals surface area contributed by atoms with Gasteiger partial charge >= 0.3 is 0 Å². The Hall–Kier alpha value is -6.62. The minimum Gasteiger partial charge on any atom is -0.369 e. The summed E-state index contributed by atoms with van der Waals surface area (Å²) in [6, 6.07) is 29.6. The van der Waals surface area contributed by atoms with Crippen molar-refractivity contribution < 1.29 is 0 Å². The van der Waals surface area contributed by atoms with Crippen LogP contribution in [0.3, 0.4) is 0 Å². The molecular weight excluding hydrogens is 849 g/mol. The van der Waals surface area contributed by atoms with Crippen molar-refractivity contribution in [2.75, 3.05) is 18.0 Å². The number of aromatic nitrogens is 12. The van der Waals surface area contributed by atoms with Gasteiger partial charge in [0.1, 0.15) is 0 Å². The van der Waals surface area contributed by atoms with Gasteiger partial charge in [-0.15, -0.1) is 20.4 Å². The fourth-order valence-corrected chi connectivity index (χ4v) is 10.8. The Morgan fingerprint density at radius 2 is 1.25 bits per heavy atom. The molecule has 2 aliphatic rings. The first-order chi connectivity index (χ1) is 31.8. The number of aryl methyl sites for hydroxylation is 2. The molecule has 12 rings (SSSR count). The van der Waals surface area contributed by atoms with Gasteiger partial charge in [-0.05, 0) is 152 Å². The van der Waals surface area contributed by atoms with Gasteiger partial charge in [0.2, 0.25) is 0 Å². The minimum absolute atomic E-state index is 0.241. The van der Waals surface area contributed by atoms with Crippen molar-refractivity contribution in [2.45, 2.75) is 71.1 Å². The van der Waals surface area contributed by atoms with Gasteiger partial charge in [-0.2, -0.15) is 10.2 Å². The summed E-state index contributed by atoms with van der Waals surface area (Å²) >= 11 is 3.21. The molecule has 10 aromatic rings. The lowest BCUT2D eigenvalue weighted by molar-refractivity contribution is 0.521. The summed E-state index contributed by atoms with van der Waals surface area (Å²) in [6.07, 6.45) is 18.2. The summed E-state index contributed by atoms with van der Waals surface area (Å²) in [7, 11) is 3.84. The van der Waals surface area contributed by atoms with Crippen molar-refractivity contribution in [2.24, 2.45) is 25.7 Å². The Morgan fingerprint density at radius 3 is 1.78 bits per heavy atom. The van der Waals surface area contributed by atoms with E-state index in [4.69, 9.17) is 10.7 Å². The van der Waals surface area contributed by atoms with Gasteiger partial charge in [0.25, 0.3) is 0 Å². The van der Waals surface area contributed by atoms with E-state index in [2.05, 4.69) is 108 Å². The summed E-state index contributed by atoms with van der Waals surface area (Å²) in [5, 5.41) is 30.5. The van der Waals surface area contributed by atoms with Crippen LogP contribution in [0, 0.1) is 5.92 Å². The lowest BCUT2D eigenvalue weighted by Gasteiger charge is -2.18. The van der Waals surface area contributed by atoms with E-state index in [9.17, 15) is 0 Å². The van der Waals surface area contributed by atoms with Crippen molar-refractivity contribution in [3.63, 3.8) is 0 Å². The van der Waals surface area contributed by atoms with Gasteiger partial charge < -0.3 is 10.6 Å². The van der Waals surface area contributed by atoms with E-state index < -0.39 is 0 Å². The van der Waals surface area contributed by atoms with E-state index in [1.165, 1.54) is 36.6 Å². The van der Waals surface area contributed by atoms with Crippen molar-refractivity contribution >= 4 is 62.3 Å². The molecule has 65 heavy (non-hydrogen) atoms. The standard InChI is InChI=1S/C26H26N6S.C23H22N8S/c1-3-17-4-5-18(12-17)21-13-20-14-22(7-8-23(20)27-15-21)33-26-29-28-25-9-6-19(16-32(25)26)24-10-11-31(2)30-24;1-29-8-7-21(28-29)15-2-5-22-26-27-23(31(22)13-15)32-19-3-4-20-16(11-19)10-18(12-25-20)30-9-6-17(24)14-30/h6-11,13-18H,3-5,12H2,1-2H3;2-5,7-8,10-13,17H,6,9,14,24H2,1H3. The first-order valence-electron chi connectivity index (χ1n) is 22.1. The first kappa shape index (κ1) is 41.1. The molecule has 16 heteroatoms. The van der Waals surface area contributed by atoms with Crippen LogP contribution in [0.4, 0.5) is 5.69 Å². The predicted molar refractivity (Wildman–Crippen MR) is 257 cm³/mol. The average molecular weight is 897 g/mol. The molecule has 0 radical (unpaired) electrons. The van der Waals surface area contributed by atoms with Gasteiger partial charge in [0.15, 0.2) is 21.6 Å². The lowest BCUT2D eigenvalue weighted by Crippen LogP contribution is -2.26. The lowest BCUT2D eigenvalue weighted by atomic mass is 9.96. The summed E-state index contributed by atoms with van der Waals surface area (Å²) < 4.78 is 7.66. The normalized spacial score (nSPS) is 17.5. The van der Waals surface area contributed by atoms with Crippen LogP contribution in [-0.4, -0.2) is 77.9 Å². The minimum atomic E-state index is 0.241. The smallest absolute Gasteiger partial charge is 0.200 e. The molecule has 0 spiro atoms. The molecule has 1 aliphatic carbocycles. The highest BCUT2D eigenvalue weighted by molar-refractivity contribution is 7.99. The predicted octanol–water partition coefficient (Wildman–Crippen LogP) is 9.49. The highest BCUT2D eigenvalue weighted by Gasteiger charge is 2.25. The third-order valence-corrected chi connectivity index (χ3v) is 14.6. The highest BCUT2D eigenvalue weighted by Crippen LogP contribution is 2.40. The molecule has 0 bridgehead atoms. The molecule has 9 heterocycles. The number of fused-ring (bicyclic) bond motifs is 4. The molecule has 2 aromatic carbocycles. The number of anilines is 1. The maximum absolute atomic E-state index is 6.08. The molecule has 1 aliphatic heterocycles. The largest absolute Gasteiger partial charge is 0.369 e. The zero-order valence-corrected chi connectivity index (χ0v) is 38.1. The molecule has 3 atom stereocenters. The number of pyridine rings is 4. The molecule has 2 fully saturated rings. The summed E-state index contributed by atoms with van der Waals surface area (Å²) in [4.78, 5) is 13.9. The van der Waals surface area contributed by atoms with E-state index in [1.54, 1.807) is 28.2 Å².